The molecule has 5 nitrogen and oxygen atoms in total. The van der Waals surface area contributed by atoms with E-state index >= 15 is 0 Å². The standard InChI is InChI=1S/C20H20N4OS/c1-14(2)12-24-19(17-9-5-11-25-17)22-23-20(24)26-13-16-7-3-6-15-8-4-10-21-18(15)16/h3-11,14H,12-13H2,1-2H3. The van der Waals surface area contributed by atoms with Gasteiger partial charge in [0.05, 0.1) is 11.8 Å². The average molecular weight is 364 g/mol. The minimum atomic E-state index is 0.485. The van der Waals surface area contributed by atoms with Crippen molar-refractivity contribution in [1.29, 1.82) is 0 Å². The summed E-state index contributed by atoms with van der Waals surface area (Å²) < 4.78 is 7.68. The van der Waals surface area contributed by atoms with E-state index in [0.29, 0.717) is 5.92 Å². The molecule has 0 aliphatic heterocycles. The zero-order valence-electron chi connectivity index (χ0n) is 14.8. The van der Waals surface area contributed by atoms with Crippen LogP contribution in [0.4, 0.5) is 0 Å². The Balaban J connectivity index is 1.64. The molecule has 0 saturated heterocycles. The molecule has 3 aromatic heterocycles. The Labute approximate surface area is 156 Å². The Morgan fingerprint density at radius 1 is 1.08 bits per heavy atom. The number of furan rings is 1. The zero-order valence-corrected chi connectivity index (χ0v) is 15.6. The van der Waals surface area contributed by atoms with E-state index in [1.807, 2.05) is 24.4 Å². The van der Waals surface area contributed by atoms with Crippen LogP contribution in [0.3, 0.4) is 0 Å². The fraction of sp³-hybridized carbons (Fsp3) is 0.250. The molecule has 0 radical (unpaired) electrons. The molecule has 0 aliphatic carbocycles. The predicted octanol–water partition coefficient (Wildman–Crippen LogP) is 5.03. The highest BCUT2D eigenvalue weighted by molar-refractivity contribution is 7.98. The van der Waals surface area contributed by atoms with Crippen molar-refractivity contribution in [3.63, 3.8) is 0 Å². The van der Waals surface area contributed by atoms with Crippen LogP contribution in [0.2, 0.25) is 0 Å². The van der Waals surface area contributed by atoms with Crippen LogP contribution in [-0.2, 0) is 12.3 Å². The minimum Gasteiger partial charge on any atom is -0.461 e. The van der Waals surface area contributed by atoms with Gasteiger partial charge in [0, 0.05) is 23.9 Å². The first-order valence-electron chi connectivity index (χ1n) is 8.65. The molecule has 0 spiro atoms. The molecule has 0 unspecified atom stereocenters. The summed E-state index contributed by atoms with van der Waals surface area (Å²) in [5.41, 5.74) is 2.25. The molecule has 26 heavy (non-hydrogen) atoms. The zero-order chi connectivity index (χ0) is 17.9. The van der Waals surface area contributed by atoms with Gasteiger partial charge in [-0.3, -0.25) is 9.55 Å². The molecular weight excluding hydrogens is 344 g/mol. The third kappa shape index (κ3) is 3.37. The molecule has 0 atom stereocenters. The van der Waals surface area contributed by atoms with E-state index in [2.05, 4.69) is 57.9 Å². The van der Waals surface area contributed by atoms with Gasteiger partial charge in [-0.05, 0) is 29.7 Å². The molecule has 4 rings (SSSR count). The number of para-hydroxylation sites is 1. The van der Waals surface area contributed by atoms with E-state index in [0.717, 1.165) is 39.9 Å². The van der Waals surface area contributed by atoms with Gasteiger partial charge in [-0.2, -0.15) is 0 Å². The van der Waals surface area contributed by atoms with Crippen molar-refractivity contribution in [1.82, 2.24) is 19.7 Å². The van der Waals surface area contributed by atoms with Gasteiger partial charge in [0.25, 0.3) is 0 Å². The van der Waals surface area contributed by atoms with Gasteiger partial charge in [0.15, 0.2) is 16.7 Å². The van der Waals surface area contributed by atoms with Crippen LogP contribution in [0.5, 0.6) is 0 Å². The third-order valence-electron chi connectivity index (χ3n) is 4.08. The Kier molecular flexibility index (Phi) is 4.75. The van der Waals surface area contributed by atoms with Crippen LogP contribution in [0.25, 0.3) is 22.5 Å². The second kappa shape index (κ2) is 7.33. The second-order valence-electron chi connectivity index (χ2n) is 6.57. The number of pyridine rings is 1. The van der Waals surface area contributed by atoms with Gasteiger partial charge >= 0.3 is 0 Å². The predicted molar refractivity (Wildman–Crippen MR) is 104 cm³/mol. The lowest BCUT2D eigenvalue weighted by molar-refractivity contribution is 0.489. The summed E-state index contributed by atoms with van der Waals surface area (Å²) in [6.07, 6.45) is 3.51. The average Bonchev–Trinajstić information content (AvgIpc) is 3.29. The Morgan fingerprint density at radius 2 is 1.96 bits per heavy atom. The van der Waals surface area contributed by atoms with E-state index in [1.54, 1.807) is 18.0 Å². The summed E-state index contributed by atoms with van der Waals surface area (Å²) in [5.74, 6) is 2.81. The van der Waals surface area contributed by atoms with Gasteiger partial charge < -0.3 is 4.42 Å². The van der Waals surface area contributed by atoms with Crippen molar-refractivity contribution in [3.05, 3.63) is 60.5 Å². The van der Waals surface area contributed by atoms with Crippen molar-refractivity contribution < 1.29 is 4.42 Å². The van der Waals surface area contributed by atoms with E-state index in [9.17, 15) is 0 Å². The molecule has 0 aliphatic rings. The Morgan fingerprint density at radius 3 is 2.77 bits per heavy atom. The minimum absolute atomic E-state index is 0.485. The smallest absolute Gasteiger partial charge is 0.200 e. The Hall–Kier alpha value is -2.60. The lowest BCUT2D eigenvalue weighted by Crippen LogP contribution is -2.07. The van der Waals surface area contributed by atoms with Gasteiger partial charge in [0.2, 0.25) is 0 Å². The van der Waals surface area contributed by atoms with Crippen molar-refractivity contribution >= 4 is 22.7 Å². The van der Waals surface area contributed by atoms with E-state index in [-0.39, 0.29) is 0 Å². The lowest BCUT2D eigenvalue weighted by Gasteiger charge is -2.11. The van der Waals surface area contributed by atoms with E-state index in [1.165, 1.54) is 5.56 Å². The summed E-state index contributed by atoms with van der Waals surface area (Å²) in [5, 5.41) is 10.8. The molecule has 132 valence electrons. The molecule has 3 heterocycles. The van der Waals surface area contributed by atoms with Gasteiger partial charge in [-0.25, -0.2) is 0 Å². The molecule has 6 heteroatoms. The highest BCUT2D eigenvalue weighted by Crippen LogP contribution is 2.29. The van der Waals surface area contributed by atoms with Crippen molar-refractivity contribution in [2.75, 3.05) is 0 Å². The largest absolute Gasteiger partial charge is 0.461 e. The highest BCUT2D eigenvalue weighted by Gasteiger charge is 2.17. The molecule has 1 aromatic carbocycles. The van der Waals surface area contributed by atoms with Crippen LogP contribution in [-0.4, -0.2) is 19.7 Å². The maximum absolute atomic E-state index is 5.53. The summed E-state index contributed by atoms with van der Waals surface area (Å²) >= 11 is 1.68. The van der Waals surface area contributed by atoms with Crippen LogP contribution in [0.1, 0.15) is 19.4 Å². The molecule has 0 saturated carbocycles. The third-order valence-corrected chi connectivity index (χ3v) is 5.09. The van der Waals surface area contributed by atoms with Gasteiger partial charge in [-0.1, -0.05) is 49.9 Å². The van der Waals surface area contributed by atoms with Crippen molar-refractivity contribution in [2.45, 2.75) is 31.3 Å². The molecule has 0 fully saturated rings. The van der Waals surface area contributed by atoms with Crippen molar-refractivity contribution in [3.8, 4) is 11.6 Å². The van der Waals surface area contributed by atoms with E-state index in [4.69, 9.17) is 4.42 Å². The maximum Gasteiger partial charge on any atom is 0.200 e. The molecule has 0 amide bonds. The summed E-state index contributed by atoms with van der Waals surface area (Å²) in [6.45, 7) is 5.23. The molecular formula is C20H20N4OS. The number of aromatic nitrogens is 4. The summed E-state index contributed by atoms with van der Waals surface area (Å²) in [6, 6.07) is 14.1. The van der Waals surface area contributed by atoms with Gasteiger partial charge in [-0.15, -0.1) is 10.2 Å². The number of hydrogen-bond donors (Lipinski definition) is 0. The first kappa shape index (κ1) is 16.8. The summed E-state index contributed by atoms with van der Waals surface area (Å²) in [4.78, 5) is 4.54. The fourth-order valence-electron chi connectivity index (χ4n) is 2.94. The maximum atomic E-state index is 5.53. The molecule has 4 aromatic rings. The number of hydrogen-bond acceptors (Lipinski definition) is 5. The Bertz CT molecular complexity index is 1000. The topological polar surface area (TPSA) is 56.7 Å². The summed E-state index contributed by atoms with van der Waals surface area (Å²) in [7, 11) is 0. The van der Waals surface area contributed by atoms with Gasteiger partial charge in [0.1, 0.15) is 0 Å². The molecule has 0 bridgehead atoms. The number of nitrogens with zero attached hydrogens (tertiary/aromatic N) is 4. The number of rotatable bonds is 6. The quantitative estimate of drug-likeness (QED) is 0.449. The number of fused-ring (bicyclic) bond motifs is 1. The monoisotopic (exact) mass is 364 g/mol. The number of benzene rings is 1. The van der Waals surface area contributed by atoms with Crippen LogP contribution >= 0.6 is 11.8 Å². The normalized spacial score (nSPS) is 11.5. The van der Waals surface area contributed by atoms with Crippen LogP contribution in [0, 0.1) is 5.92 Å². The van der Waals surface area contributed by atoms with E-state index < -0.39 is 0 Å². The first-order chi connectivity index (χ1) is 12.7. The SMILES string of the molecule is CC(C)Cn1c(SCc2cccc3cccnc23)nnc1-c1ccco1. The lowest BCUT2D eigenvalue weighted by atomic mass is 10.1. The first-order valence-corrected chi connectivity index (χ1v) is 9.63. The fourth-order valence-corrected chi connectivity index (χ4v) is 3.87. The van der Waals surface area contributed by atoms with Crippen LogP contribution < -0.4 is 0 Å². The number of thioether (sulfide) groups is 1. The van der Waals surface area contributed by atoms with Crippen molar-refractivity contribution in [2.24, 2.45) is 5.92 Å². The van der Waals surface area contributed by atoms with Crippen LogP contribution in [0.15, 0.2) is 64.5 Å². The highest BCUT2D eigenvalue weighted by atomic mass is 32.2. The molecule has 0 N–H and O–H groups in total. The second-order valence-corrected chi connectivity index (χ2v) is 7.51.